The summed E-state index contributed by atoms with van der Waals surface area (Å²) in [5.41, 5.74) is 1.78. The molecule has 0 spiro atoms. The molecular formula is C16H22N2O2S. The first kappa shape index (κ1) is 17.5. The molecule has 0 bridgehead atoms. The van der Waals surface area contributed by atoms with Gasteiger partial charge in [-0.2, -0.15) is 5.26 Å². The van der Waals surface area contributed by atoms with Crippen molar-refractivity contribution < 1.29 is 9.53 Å². The van der Waals surface area contributed by atoms with E-state index >= 15 is 0 Å². The van der Waals surface area contributed by atoms with Crippen LogP contribution in [0.2, 0.25) is 0 Å². The lowest BCUT2D eigenvalue weighted by molar-refractivity contribution is -0.140. The Morgan fingerprint density at radius 3 is 2.71 bits per heavy atom. The molecule has 0 fully saturated rings. The van der Waals surface area contributed by atoms with E-state index in [-0.39, 0.29) is 11.5 Å². The molecule has 0 aliphatic carbocycles. The van der Waals surface area contributed by atoms with Crippen molar-refractivity contribution in [3.63, 3.8) is 0 Å². The summed E-state index contributed by atoms with van der Waals surface area (Å²) in [6.45, 7) is 7.05. The molecule has 21 heavy (non-hydrogen) atoms. The van der Waals surface area contributed by atoms with Crippen LogP contribution < -0.4 is 5.32 Å². The fraction of sp³-hybridized carbons (Fsp3) is 0.500. The van der Waals surface area contributed by atoms with E-state index in [1.165, 1.54) is 18.9 Å². The predicted molar refractivity (Wildman–Crippen MR) is 85.1 cm³/mol. The van der Waals surface area contributed by atoms with E-state index in [0.717, 1.165) is 17.0 Å². The smallest absolute Gasteiger partial charge is 0.306 e. The molecule has 4 nitrogen and oxygen atoms in total. The van der Waals surface area contributed by atoms with Gasteiger partial charge in [0.1, 0.15) is 6.07 Å². The Kier molecular flexibility index (Phi) is 6.73. The number of methoxy groups -OCH3 is 1. The highest BCUT2D eigenvalue weighted by molar-refractivity contribution is 7.99. The standard InChI is InChI=1S/C16H22N2O2S/c1-16(2,3)18-11-12-5-6-14(13(9-12)10-17)21-8-7-15(19)20-4/h5-6,9,18H,7-8,11H2,1-4H3. The quantitative estimate of drug-likeness (QED) is 0.646. The first-order chi connectivity index (χ1) is 9.85. The third kappa shape index (κ3) is 6.65. The lowest BCUT2D eigenvalue weighted by Gasteiger charge is -2.20. The SMILES string of the molecule is COC(=O)CCSc1ccc(CNC(C)(C)C)cc1C#N. The molecule has 1 aromatic rings. The molecule has 0 unspecified atom stereocenters. The van der Waals surface area contributed by atoms with Gasteiger partial charge >= 0.3 is 5.97 Å². The normalized spacial score (nSPS) is 11.0. The molecule has 0 saturated carbocycles. The number of thioether (sulfide) groups is 1. The highest BCUT2D eigenvalue weighted by atomic mass is 32.2. The van der Waals surface area contributed by atoms with Crippen LogP contribution in [0, 0.1) is 11.3 Å². The number of nitrogens with zero attached hydrogens (tertiary/aromatic N) is 1. The maximum absolute atomic E-state index is 11.1. The Labute approximate surface area is 130 Å². The van der Waals surface area contributed by atoms with Gasteiger partial charge in [-0.05, 0) is 38.5 Å². The van der Waals surface area contributed by atoms with E-state index in [9.17, 15) is 10.1 Å². The lowest BCUT2D eigenvalue weighted by Crippen LogP contribution is -2.35. The Bertz CT molecular complexity index is 530. The van der Waals surface area contributed by atoms with Crippen LogP contribution in [0.1, 0.15) is 38.3 Å². The minimum atomic E-state index is -0.230. The molecule has 5 heteroatoms. The van der Waals surface area contributed by atoms with Gasteiger partial charge in [0.05, 0.1) is 19.1 Å². The van der Waals surface area contributed by atoms with Gasteiger partial charge in [-0.3, -0.25) is 4.79 Å². The van der Waals surface area contributed by atoms with Crippen molar-refractivity contribution in [1.82, 2.24) is 5.32 Å². The molecule has 1 N–H and O–H groups in total. The fourth-order valence-corrected chi connectivity index (χ4v) is 2.53. The van der Waals surface area contributed by atoms with Crippen LogP contribution >= 0.6 is 11.8 Å². The second-order valence-electron chi connectivity index (χ2n) is 5.72. The maximum atomic E-state index is 11.1. The summed E-state index contributed by atoms with van der Waals surface area (Å²) < 4.78 is 4.60. The van der Waals surface area contributed by atoms with Crippen LogP contribution in [0.25, 0.3) is 0 Å². The predicted octanol–water partition coefficient (Wildman–Crippen LogP) is 3.10. The van der Waals surface area contributed by atoms with Crippen LogP contribution in [-0.4, -0.2) is 24.4 Å². The zero-order chi connectivity index (χ0) is 15.9. The number of hydrogen-bond donors (Lipinski definition) is 1. The van der Waals surface area contributed by atoms with Crippen LogP contribution in [0.3, 0.4) is 0 Å². The second kappa shape index (κ2) is 8.06. The largest absolute Gasteiger partial charge is 0.469 e. The van der Waals surface area contributed by atoms with Crippen LogP contribution in [0.15, 0.2) is 23.1 Å². The van der Waals surface area contributed by atoms with E-state index in [2.05, 4.69) is 36.9 Å². The number of ether oxygens (including phenoxy) is 1. The van der Waals surface area contributed by atoms with E-state index < -0.39 is 0 Å². The summed E-state index contributed by atoms with van der Waals surface area (Å²) in [6.07, 6.45) is 0.347. The minimum absolute atomic E-state index is 0.0424. The van der Waals surface area contributed by atoms with E-state index in [0.29, 0.717) is 17.7 Å². The van der Waals surface area contributed by atoms with E-state index in [1.54, 1.807) is 0 Å². The molecular weight excluding hydrogens is 284 g/mol. The number of rotatable bonds is 6. The van der Waals surface area contributed by atoms with Crippen molar-refractivity contribution in [3.05, 3.63) is 29.3 Å². The van der Waals surface area contributed by atoms with Gasteiger partial charge in [-0.25, -0.2) is 0 Å². The summed E-state index contributed by atoms with van der Waals surface area (Å²) in [7, 11) is 1.38. The van der Waals surface area contributed by atoms with E-state index in [4.69, 9.17) is 0 Å². The highest BCUT2D eigenvalue weighted by Gasteiger charge is 2.10. The molecule has 0 aliphatic rings. The monoisotopic (exact) mass is 306 g/mol. The Hall–Kier alpha value is -1.51. The van der Waals surface area contributed by atoms with Crippen molar-refractivity contribution in [2.75, 3.05) is 12.9 Å². The molecule has 0 radical (unpaired) electrons. The van der Waals surface area contributed by atoms with Gasteiger partial charge in [0.25, 0.3) is 0 Å². The number of nitriles is 1. The van der Waals surface area contributed by atoms with Gasteiger partial charge < -0.3 is 10.1 Å². The van der Waals surface area contributed by atoms with Crippen molar-refractivity contribution in [2.24, 2.45) is 0 Å². The Morgan fingerprint density at radius 2 is 2.14 bits per heavy atom. The van der Waals surface area contributed by atoms with Crippen molar-refractivity contribution in [3.8, 4) is 6.07 Å². The zero-order valence-electron chi connectivity index (χ0n) is 13.0. The lowest BCUT2D eigenvalue weighted by atomic mass is 10.1. The van der Waals surface area contributed by atoms with Crippen molar-refractivity contribution in [1.29, 1.82) is 5.26 Å². The van der Waals surface area contributed by atoms with Crippen molar-refractivity contribution >= 4 is 17.7 Å². The molecule has 1 rings (SSSR count). The van der Waals surface area contributed by atoms with Gasteiger partial charge in [-0.1, -0.05) is 6.07 Å². The van der Waals surface area contributed by atoms with E-state index in [1.807, 2.05) is 18.2 Å². The number of esters is 1. The first-order valence-electron chi connectivity index (χ1n) is 6.83. The van der Waals surface area contributed by atoms with Gasteiger partial charge in [-0.15, -0.1) is 11.8 Å². The zero-order valence-corrected chi connectivity index (χ0v) is 13.8. The summed E-state index contributed by atoms with van der Waals surface area (Å²) in [4.78, 5) is 12.0. The third-order valence-electron chi connectivity index (χ3n) is 2.78. The van der Waals surface area contributed by atoms with Crippen LogP contribution in [0.5, 0.6) is 0 Å². The van der Waals surface area contributed by atoms with Gasteiger partial charge in [0.2, 0.25) is 0 Å². The third-order valence-corrected chi connectivity index (χ3v) is 3.85. The number of nitrogens with one attached hydrogen (secondary N) is 1. The Morgan fingerprint density at radius 1 is 1.43 bits per heavy atom. The fourth-order valence-electron chi connectivity index (χ4n) is 1.61. The molecule has 0 atom stereocenters. The summed E-state index contributed by atoms with van der Waals surface area (Å²) in [6, 6.07) is 8.08. The maximum Gasteiger partial charge on any atom is 0.306 e. The number of benzene rings is 1. The average molecular weight is 306 g/mol. The first-order valence-corrected chi connectivity index (χ1v) is 7.82. The number of hydrogen-bond acceptors (Lipinski definition) is 5. The average Bonchev–Trinajstić information content (AvgIpc) is 2.44. The molecule has 1 aromatic carbocycles. The molecule has 0 saturated heterocycles. The summed E-state index contributed by atoms with van der Waals surface area (Å²) in [5, 5.41) is 12.6. The van der Waals surface area contributed by atoms with Gasteiger partial charge in [0, 0.05) is 22.7 Å². The summed E-state index contributed by atoms with van der Waals surface area (Å²) >= 11 is 1.50. The van der Waals surface area contributed by atoms with Crippen LogP contribution in [-0.2, 0) is 16.1 Å². The summed E-state index contributed by atoms with van der Waals surface area (Å²) in [5.74, 6) is 0.382. The topological polar surface area (TPSA) is 62.1 Å². The van der Waals surface area contributed by atoms with Crippen LogP contribution in [0.4, 0.5) is 0 Å². The molecule has 0 amide bonds. The molecule has 114 valence electrons. The number of carbonyl (C=O) groups excluding carboxylic acids is 1. The molecule has 0 aromatic heterocycles. The van der Waals surface area contributed by atoms with Gasteiger partial charge in [0.15, 0.2) is 0 Å². The molecule has 0 aliphatic heterocycles. The number of carbonyl (C=O) groups is 1. The Balaban J connectivity index is 2.67. The van der Waals surface area contributed by atoms with Crippen molar-refractivity contribution in [2.45, 2.75) is 44.2 Å². The molecule has 0 heterocycles. The minimum Gasteiger partial charge on any atom is -0.469 e. The highest BCUT2D eigenvalue weighted by Crippen LogP contribution is 2.24. The second-order valence-corrected chi connectivity index (χ2v) is 6.86.